The molecule has 0 aromatic carbocycles. The number of rotatable bonds is 7. The largest absolute Gasteiger partial charge is 0.480 e. The standard InChI is InChI=1S/C11H19N3O4/c1-4-5-14(6-8(15)16)11(18)13-9(7(2)3)10(12)17/h4,7,9H,1,5-6H2,2-3H3,(H2,12,17)(H,13,18)(H,15,16). The Kier molecular flexibility index (Phi) is 6.48. The summed E-state index contributed by atoms with van der Waals surface area (Å²) in [5, 5.41) is 11.1. The molecule has 0 rings (SSSR count). The highest BCUT2D eigenvalue weighted by Crippen LogP contribution is 2.02. The number of nitrogens with zero attached hydrogens (tertiary/aromatic N) is 1. The van der Waals surface area contributed by atoms with Gasteiger partial charge in [-0.3, -0.25) is 9.59 Å². The Balaban J connectivity index is 4.71. The smallest absolute Gasteiger partial charge is 0.323 e. The number of carbonyl (C=O) groups excluding carboxylic acids is 2. The molecule has 3 amide bonds. The topological polar surface area (TPSA) is 113 Å². The van der Waals surface area contributed by atoms with Crippen molar-refractivity contribution in [2.75, 3.05) is 13.1 Å². The fourth-order valence-electron chi connectivity index (χ4n) is 1.33. The zero-order chi connectivity index (χ0) is 14.3. The molecule has 0 spiro atoms. The lowest BCUT2D eigenvalue weighted by atomic mass is 10.0. The van der Waals surface area contributed by atoms with Crippen LogP contribution in [0.5, 0.6) is 0 Å². The van der Waals surface area contributed by atoms with E-state index in [1.165, 1.54) is 6.08 Å². The zero-order valence-electron chi connectivity index (χ0n) is 10.5. The number of carboxylic acids is 1. The molecule has 7 heteroatoms. The average Bonchev–Trinajstić information content (AvgIpc) is 2.23. The second-order valence-electron chi connectivity index (χ2n) is 4.14. The number of hydrogen-bond acceptors (Lipinski definition) is 3. The van der Waals surface area contributed by atoms with Gasteiger partial charge in [0.15, 0.2) is 0 Å². The van der Waals surface area contributed by atoms with Gasteiger partial charge in [-0.1, -0.05) is 19.9 Å². The summed E-state index contributed by atoms with van der Waals surface area (Å²) in [6.45, 7) is 6.49. The van der Waals surface area contributed by atoms with E-state index in [-0.39, 0.29) is 12.5 Å². The highest BCUT2D eigenvalue weighted by atomic mass is 16.4. The Morgan fingerprint density at radius 3 is 2.33 bits per heavy atom. The Bertz CT molecular complexity index is 341. The number of primary amides is 1. The van der Waals surface area contributed by atoms with Gasteiger partial charge in [0.25, 0.3) is 0 Å². The molecule has 0 aromatic rings. The molecule has 0 fully saturated rings. The van der Waals surface area contributed by atoms with E-state index >= 15 is 0 Å². The van der Waals surface area contributed by atoms with Crippen LogP contribution >= 0.6 is 0 Å². The first kappa shape index (κ1) is 16.0. The van der Waals surface area contributed by atoms with E-state index in [1.807, 2.05) is 0 Å². The predicted octanol–water partition coefficient (Wildman–Crippen LogP) is -0.221. The minimum absolute atomic E-state index is 0.0711. The van der Waals surface area contributed by atoms with Crippen LogP contribution in [-0.2, 0) is 9.59 Å². The maximum absolute atomic E-state index is 11.8. The van der Waals surface area contributed by atoms with Crippen LogP contribution in [-0.4, -0.2) is 47.0 Å². The second kappa shape index (κ2) is 7.31. The van der Waals surface area contributed by atoms with E-state index in [4.69, 9.17) is 10.8 Å². The van der Waals surface area contributed by atoms with Gasteiger partial charge in [0.2, 0.25) is 5.91 Å². The summed E-state index contributed by atoms with van der Waals surface area (Å²) in [6, 6.07) is -1.49. The van der Waals surface area contributed by atoms with Gasteiger partial charge in [-0.05, 0) is 5.92 Å². The number of aliphatic carboxylic acids is 1. The maximum Gasteiger partial charge on any atom is 0.323 e. The van der Waals surface area contributed by atoms with E-state index < -0.39 is 30.5 Å². The average molecular weight is 257 g/mol. The van der Waals surface area contributed by atoms with Gasteiger partial charge in [-0.15, -0.1) is 6.58 Å². The van der Waals surface area contributed by atoms with Gasteiger partial charge in [0, 0.05) is 6.54 Å². The Morgan fingerprint density at radius 2 is 2.00 bits per heavy atom. The van der Waals surface area contributed by atoms with Gasteiger partial charge < -0.3 is 21.1 Å². The minimum Gasteiger partial charge on any atom is -0.480 e. The summed E-state index contributed by atoms with van der Waals surface area (Å²) in [7, 11) is 0. The van der Waals surface area contributed by atoms with E-state index in [0.717, 1.165) is 4.90 Å². The lowest BCUT2D eigenvalue weighted by Gasteiger charge is -2.24. The number of nitrogens with two attached hydrogens (primary N) is 1. The van der Waals surface area contributed by atoms with Crippen LogP contribution in [0.4, 0.5) is 4.79 Å². The minimum atomic E-state index is -1.15. The Labute approximate surface area is 106 Å². The number of nitrogens with one attached hydrogen (secondary N) is 1. The Hall–Kier alpha value is -2.05. The number of carbonyl (C=O) groups is 3. The molecule has 0 heterocycles. The van der Waals surface area contributed by atoms with Gasteiger partial charge in [0.1, 0.15) is 12.6 Å². The number of carboxylic acid groups (broad SMARTS) is 1. The van der Waals surface area contributed by atoms with Crippen LogP contribution in [0.15, 0.2) is 12.7 Å². The number of amides is 3. The summed E-state index contributed by atoms with van der Waals surface area (Å²) in [5.74, 6) is -1.98. The molecule has 0 bridgehead atoms. The highest BCUT2D eigenvalue weighted by Gasteiger charge is 2.24. The molecule has 102 valence electrons. The molecule has 0 saturated heterocycles. The van der Waals surface area contributed by atoms with Crippen molar-refractivity contribution in [1.29, 1.82) is 0 Å². The van der Waals surface area contributed by atoms with Crippen LogP contribution in [0.3, 0.4) is 0 Å². The summed E-state index contributed by atoms with van der Waals surface area (Å²) in [5.41, 5.74) is 5.15. The number of urea groups is 1. The summed E-state index contributed by atoms with van der Waals surface area (Å²) in [4.78, 5) is 34.5. The Morgan fingerprint density at radius 1 is 1.44 bits per heavy atom. The van der Waals surface area contributed by atoms with E-state index in [1.54, 1.807) is 13.8 Å². The fraction of sp³-hybridized carbons (Fsp3) is 0.545. The molecule has 0 aliphatic rings. The van der Waals surface area contributed by atoms with Crippen LogP contribution in [0.2, 0.25) is 0 Å². The third kappa shape index (κ3) is 5.33. The van der Waals surface area contributed by atoms with Crippen molar-refractivity contribution in [1.82, 2.24) is 10.2 Å². The maximum atomic E-state index is 11.8. The first-order chi connectivity index (χ1) is 8.29. The van der Waals surface area contributed by atoms with Gasteiger partial charge in [0.05, 0.1) is 0 Å². The van der Waals surface area contributed by atoms with Gasteiger partial charge >= 0.3 is 12.0 Å². The van der Waals surface area contributed by atoms with Gasteiger partial charge in [-0.25, -0.2) is 4.79 Å². The van der Waals surface area contributed by atoms with Crippen molar-refractivity contribution in [2.24, 2.45) is 11.7 Å². The molecule has 0 aliphatic heterocycles. The summed E-state index contributed by atoms with van der Waals surface area (Å²) in [6.07, 6.45) is 1.40. The van der Waals surface area contributed by atoms with Crippen molar-refractivity contribution in [2.45, 2.75) is 19.9 Å². The molecular weight excluding hydrogens is 238 g/mol. The highest BCUT2D eigenvalue weighted by molar-refractivity contribution is 5.87. The lowest BCUT2D eigenvalue weighted by Crippen LogP contribution is -2.53. The van der Waals surface area contributed by atoms with Crippen molar-refractivity contribution >= 4 is 17.9 Å². The fourth-order valence-corrected chi connectivity index (χ4v) is 1.33. The lowest BCUT2D eigenvalue weighted by molar-refractivity contribution is -0.137. The predicted molar refractivity (Wildman–Crippen MR) is 65.8 cm³/mol. The van der Waals surface area contributed by atoms with Crippen molar-refractivity contribution in [3.63, 3.8) is 0 Å². The molecular formula is C11H19N3O4. The van der Waals surface area contributed by atoms with Crippen molar-refractivity contribution in [3.8, 4) is 0 Å². The van der Waals surface area contributed by atoms with E-state index in [9.17, 15) is 14.4 Å². The van der Waals surface area contributed by atoms with E-state index in [2.05, 4.69) is 11.9 Å². The van der Waals surface area contributed by atoms with Crippen molar-refractivity contribution in [3.05, 3.63) is 12.7 Å². The first-order valence-electron chi connectivity index (χ1n) is 5.47. The molecule has 1 atom stereocenters. The SMILES string of the molecule is C=CCN(CC(=O)O)C(=O)NC(C(N)=O)C(C)C. The van der Waals surface area contributed by atoms with Crippen LogP contribution in [0, 0.1) is 5.92 Å². The third-order valence-electron chi connectivity index (χ3n) is 2.21. The molecule has 18 heavy (non-hydrogen) atoms. The first-order valence-corrected chi connectivity index (χ1v) is 5.47. The normalized spacial score (nSPS) is 11.7. The quantitative estimate of drug-likeness (QED) is 0.547. The zero-order valence-corrected chi connectivity index (χ0v) is 10.5. The van der Waals surface area contributed by atoms with E-state index in [0.29, 0.717) is 0 Å². The molecule has 4 N–H and O–H groups in total. The molecule has 0 aromatic heterocycles. The molecule has 1 unspecified atom stereocenters. The molecule has 7 nitrogen and oxygen atoms in total. The number of hydrogen-bond donors (Lipinski definition) is 3. The van der Waals surface area contributed by atoms with Crippen LogP contribution in [0.1, 0.15) is 13.8 Å². The summed E-state index contributed by atoms with van der Waals surface area (Å²) < 4.78 is 0. The molecule has 0 radical (unpaired) electrons. The van der Waals surface area contributed by atoms with Crippen LogP contribution < -0.4 is 11.1 Å². The monoisotopic (exact) mass is 257 g/mol. The summed E-state index contributed by atoms with van der Waals surface area (Å²) >= 11 is 0. The second-order valence-corrected chi connectivity index (χ2v) is 4.14. The molecule has 0 saturated carbocycles. The third-order valence-corrected chi connectivity index (χ3v) is 2.21. The van der Waals surface area contributed by atoms with Crippen LogP contribution in [0.25, 0.3) is 0 Å². The molecule has 0 aliphatic carbocycles. The van der Waals surface area contributed by atoms with Gasteiger partial charge in [-0.2, -0.15) is 0 Å². The van der Waals surface area contributed by atoms with Crippen molar-refractivity contribution < 1.29 is 19.5 Å².